The van der Waals surface area contributed by atoms with Crippen molar-refractivity contribution in [2.45, 2.75) is 25.9 Å². The first-order chi connectivity index (χ1) is 11.6. The summed E-state index contributed by atoms with van der Waals surface area (Å²) in [5.41, 5.74) is 3.52. The smallest absolute Gasteiger partial charge is 0.240 e. The Morgan fingerprint density at radius 2 is 1.71 bits per heavy atom. The number of fused-ring (bicyclic) bond motifs is 2. The number of amides is 1. The molecular weight excluding hydrogens is 300 g/mol. The SMILES string of the molecule is CC(O)CCC(=O)NN=Cc1c2ccccc2cc2ccccc12. The van der Waals surface area contributed by atoms with Gasteiger partial charge in [-0.3, -0.25) is 4.79 Å². The quantitative estimate of drug-likeness (QED) is 0.428. The number of aliphatic hydroxyl groups is 1. The molecule has 0 aliphatic rings. The number of aliphatic hydroxyl groups excluding tert-OH is 1. The average Bonchev–Trinajstić information content (AvgIpc) is 2.59. The molecule has 0 aliphatic heterocycles. The lowest BCUT2D eigenvalue weighted by Crippen LogP contribution is -2.18. The van der Waals surface area contributed by atoms with Crippen molar-refractivity contribution in [1.82, 2.24) is 5.43 Å². The summed E-state index contributed by atoms with van der Waals surface area (Å²) in [5.74, 6) is -0.198. The van der Waals surface area contributed by atoms with Crippen LogP contribution < -0.4 is 5.43 Å². The van der Waals surface area contributed by atoms with Gasteiger partial charge in [-0.05, 0) is 41.0 Å². The molecule has 2 N–H and O–H groups in total. The van der Waals surface area contributed by atoms with Gasteiger partial charge in [0.1, 0.15) is 0 Å². The summed E-state index contributed by atoms with van der Waals surface area (Å²) in [5, 5.41) is 17.8. The van der Waals surface area contributed by atoms with Crippen LogP contribution in [-0.2, 0) is 4.79 Å². The minimum Gasteiger partial charge on any atom is -0.393 e. The van der Waals surface area contributed by atoms with Crippen LogP contribution >= 0.6 is 0 Å². The predicted molar refractivity (Wildman–Crippen MR) is 98.1 cm³/mol. The zero-order valence-electron chi connectivity index (χ0n) is 13.6. The summed E-state index contributed by atoms with van der Waals surface area (Å²) in [6.07, 6.45) is 1.90. The van der Waals surface area contributed by atoms with E-state index in [0.29, 0.717) is 6.42 Å². The number of hydrazone groups is 1. The van der Waals surface area contributed by atoms with Gasteiger partial charge in [0.25, 0.3) is 0 Å². The van der Waals surface area contributed by atoms with E-state index in [1.54, 1.807) is 13.1 Å². The zero-order valence-corrected chi connectivity index (χ0v) is 13.6. The molecule has 1 amide bonds. The maximum Gasteiger partial charge on any atom is 0.240 e. The average molecular weight is 320 g/mol. The highest BCUT2D eigenvalue weighted by Crippen LogP contribution is 2.27. The van der Waals surface area contributed by atoms with Crippen molar-refractivity contribution < 1.29 is 9.90 Å². The number of nitrogens with zero attached hydrogens (tertiary/aromatic N) is 1. The monoisotopic (exact) mass is 320 g/mol. The molecule has 122 valence electrons. The number of nitrogens with one attached hydrogen (secondary N) is 1. The minimum atomic E-state index is -0.484. The number of hydrogen-bond donors (Lipinski definition) is 2. The second kappa shape index (κ2) is 7.23. The Hall–Kier alpha value is -2.72. The maximum absolute atomic E-state index is 11.7. The first-order valence-electron chi connectivity index (χ1n) is 8.05. The summed E-state index contributed by atoms with van der Waals surface area (Å²) >= 11 is 0. The van der Waals surface area contributed by atoms with E-state index in [1.165, 1.54) is 0 Å². The topological polar surface area (TPSA) is 61.7 Å². The van der Waals surface area contributed by atoms with Crippen LogP contribution in [0.25, 0.3) is 21.5 Å². The molecule has 3 rings (SSSR count). The van der Waals surface area contributed by atoms with Crippen LogP contribution in [0.15, 0.2) is 59.7 Å². The molecule has 0 saturated carbocycles. The maximum atomic E-state index is 11.7. The van der Waals surface area contributed by atoms with Gasteiger partial charge in [-0.1, -0.05) is 48.5 Å². The first-order valence-corrected chi connectivity index (χ1v) is 8.05. The van der Waals surface area contributed by atoms with Crippen molar-refractivity contribution >= 4 is 33.7 Å². The van der Waals surface area contributed by atoms with E-state index < -0.39 is 6.10 Å². The summed E-state index contributed by atoms with van der Waals surface area (Å²) in [6, 6.07) is 18.4. The third-order valence-corrected chi connectivity index (χ3v) is 3.99. The Labute approximate surface area is 140 Å². The fourth-order valence-electron chi connectivity index (χ4n) is 2.75. The van der Waals surface area contributed by atoms with E-state index in [1.807, 2.05) is 24.3 Å². The Morgan fingerprint density at radius 1 is 1.12 bits per heavy atom. The molecule has 3 aromatic rings. The Balaban J connectivity index is 1.92. The van der Waals surface area contributed by atoms with Gasteiger partial charge in [-0.2, -0.15) is 5.10 Å². The molecule has 0 heterocycles. The number of hydrogen-bond acceptors (Lipinski definition) is 3. The van der Waals surface area contributed by atoms with Crippen LogP contribution in [0.4, 0.5) is 0 Å². The molecule has 0 aromatic heterocycles. The van der Waals surface area contributed by atoms with Gasteiger partial charge in [-0.25, -0.2) is 5.43 Å². The lowest BCUT2D eigenvalue weighted by molar-refractivity contribution is -0.121. The van der Waals surface area contributed by atoms with Gasteiger partial charge < -0.3 is 5.11 Å². The normalized spacial score (nSPS) is 12.8. The van der Waals surface area contributed by atoms with Crippen LogP contribution in [0.5, 0.6) is 0 Å². The van der Waals surface area contributed by atoms with Crippen molar-refractivity contribution in [1.29, 1.82) is 0 Å². The van der Waals surface area contributed by atoms with Crippen molar-refractivity contribution in [3.05, 3.63) is 60.2 Å². The Bertz CT molecular complexity index is 846. The molecular formula is C20H20N2O2. The predicted octanol–water partition coefficient (Wildman–Crippen LogP) is 3.60. The second-order valence-corrected chi connectivity index (χ2v) is 5.91. The molecule has 4 heteroatoms. The van der Waals surface area contributed by atoms with E-state index in [2.05, 4.69) is 40.9 Å². The van der Waals surface area contributed by atoms with E-state index >= 15 is 0 Å². The van der Waals surface area contributed by atoms with Gasteiger partial charge in [0.2, 0.25) is 5.91 Å². The third kappa shape index (κ3) is 3.60. The van der Waals surface area contributed by atoms with Crippen LogP contribution in [0.1, 0.15) is 25.3 Å². The lowest BCUT2D eigenvalue weighted by Gasteiger charge is -2.08. The highest BCUT2D eigenvalue weighted by molar-refractivity contribution is 6.13. The van der Waals surface area contributed by atoms with E-state index in [-0.39, 0.29) is 12.3 Å². The van der Waals surface area contributed by atoms with Gasteiger partial charge in [0.05, 0.1) is 12.3 Å². The highest BCUT2D eigenvalue weighted by Gasteiger charge is 2.06. The van der Waals surface area contributed by atoms with Crippen LogP contribution in [0.2, 0.25) is 0 Å². The molecule has 0 fully saturated rings. The number of rotatable bonds is 5. The van der Waals surface area contributed by atoms with Gasteiger partial charge in [0, 0.05) is 12.0 Å². The Morgan fingerprint density at radius 3 is 2.29 bits per heavy atom. The molecule has 3 aromatic carbocycles. The zero-order chi connectivity index (χ0) is 16.9. The van der Waals surface area contributed by atoms with Crippen molar-refractivity contribution in [3.63, 3.8) is 0 Å². The van der Waals surface area contributed by atoms with E-state index in [9.17, 15) is 9.90 Å². The largest absolute Gasteiger partial charge is 0.393 e. The molecule has 0 spiro atoms. The number of carbonyl (C=O) groups excluding carboxylic acids is 1. The first kappa shape index (κ1) is 16.1. The summed E-state index contributed by atoms with van der Waals surface area (Å²) in [4.78, 5) is 11.7. The van der Waals surface area contributed by atoms with E-state index in [0.717, 1.165) is 27.1 Å². The number of carbonyl (C=O) groups is 1. The summed E-state index contributed by atoms with van der Waals surface area (Å²) in [7, 11) is 0. The van der Waals surface area contributed by atoms with E-state index in [4.69, 9.17) is 0 Å². The molecule has 1 atom stereocenters. The van der Waals surface area contributed by atoms with Crippen LogP contribution in [-0.4, -0.2) is 23.3 Å². The van der Waals surface area contributed by atoms with Gasteiger partial charge >= 0.3 is 0 Å². The van der Waals surface area contributed by atoms with Crippen molar-refractivity contribution in [2.75, 3.05) is 0 Å². The van der Waals surface area contributed by atoms with Gasteiger partial charge in [0.15, 0.2) is 0 Å². The second-order valence-electron chi connectivity index (χ2n) is 5.91. The molecule has 0 bridgehead atoms. The van der Waals surface area contributed by atoms with Crippen LogP contribution in [0, 0.1) is 0 Å². The molecule has 0 radical (unpaired) electrons. The highest BCUT2D eigenvalue weighted by atomic mass is 16.3. The summed E-state index contributed by atoms with van der Waals surface area (Å²) < 4.78 is 0. The summed E-state index contributed by atoms with van der Waals surface area (Å²) in [6.45, 7) is 1.67. The number of benzene rings is 3. The molecule has 0 saturated heterocycles. The van der Waals surface area contributed by atoms with Gasteiger partial charge in [-0.15, -0.1) is 0 Å². The van der Waals surface area contributed by atoms with Crippen molar-refractivity contribution in [2.24, 2.45) is 5.10 Å². The Kier molecular flexibility index (Phi) is 4.87. The molecule has 1 unspecified atom stereocenters. The lowest BCUT2D eigenvalue weighted by atomic mass is 9.97. The minimum absolute atomic E-state index is 0.198. The fraction of sp³-hybridized carbons (Fsp3) is 0.200. The molecule has 0 aliphatic carbocycles. The van der Waals surface area contributed by atoms with Crippen molar-refractivity contribution in [3.8, 4) is 0 Å². The molecule has 24 heavy (non-hydrogen) atoms. The standard InChI is InChI=1S/C20H20N2O2/c1-14(23)10-11-20(24)22-21-13-19-17-8-4-2-6-15(17)12-16-7-3-5-9-18(16)19/h2-9,12-14,23H,10-11H2,1H3,(H,22,24). The third-order valence-electron chi connectivity index (χ3n) is 3.99. The molecule has 4 nitrogen and oxygen atoms in total. The van der Waals surface area contributed by atoms with Crippen LogP contribution in [0.3, 0.4) is 0 Å². The fourth-order valence-corrected chi connectivity index (χ4v) is 2.75.